The predicted octanol–water partition coefficient (Wildman–Crippen LogP) is 0.00690. The summed E-state index contributed by atoms with van der Waals surface area (Å²) in [5, 5.41) is 0. The first-order valence-electron chi connectivity index (χ1n) is 6.02. The summed E-state index contributed by atoms with van der Waals surface area (Å²) in [5.74, 6) is 0.669. The van der Waals surface area contributed by atoms with Crippen molar-refractivity contribution in [1.29, 1.82) is 0 Å². The van der Waals surface area contributed by atoms with E-state index in [2.05, 4.69) is 0 Å². The maximum atomic E-state index is 11.9. The minimum Gasteiger partial charge on any atom is -0.342 e. The molecule has 0 aliphatic carbocycles. The van der Waals surface area contributed by atoms with Crippen molar-refractivity contribution in [2.24, 2.45) is 11.7 Å². The van der Waals surface area contributed by atoms with Gasteiger partial charge in [0.15, 0.2) is 9.84 Å². The van der Waals surface area contributed by atoms with E-state index < -0.39 is 9.84 Å². The molecule has 1 amide bonds. The van der Waals surface area contributed by atoms with Crippen molar-refractivity contribution in [2.45, 2.75) is 32.2 Å². The van der Waals surface area contributed by atoms with Crippen LogP contribution in [0.3, 0.4) is 0 Å². The maximum Gasteiger partial charge on any atom is 0.222 e. The fourth-order valence-corrected chi connectivity index (χ4v) is 3.72. The highest BCUT2D eigenvalue weighted by Gasteiger charge is 2.32. The Labute approximate surface area is 103 Å². The average molecular weight is 262 g/mol. The molecule has 2 N–H and O–H groups in total. The number of carbonyl (C=O) groups excluding carboxylic acids is 1. The van der Waals surface area contributed by atoms with E-state index in [9.17, 15) is 13.2 Å². The van der Waals surface area contributed by atoms with Gasteiger partial charge in [-0.1, -0.05) is 6.92 Å². The minimum atomic E-state index is -2.92. The van der Waals surface area contributed by atoms with Gasteiger partial charge in [-0.3, -0.25) is 4.79 Å². The summed E-state index contributed by atoms with van der Waals surface area (Å²) in [4.78, 5) is 13.4. The number of nitrogens with two attached hydrogens (primary N) is 1. The smallest absolute Gasteiger partial charge is 0.222 e. The average Bonchev–Trinajstić information content (AvgIpc) is 2.64. The third kappa shape index (κ3) is 4.27. The molecule has 2 unspecified atom stereocenters. The van der Waals surface area contributed by atoms with Gasteiger partial charge in [0.2, 0.25) is 5.91 Å². The van der Waals surface area contributed by atoms with Crippen molar-refractivity contribution in [1.82, 2.24) is 4.90 Å². The monoisotopic (exact) mass is 262 g/mol. The summed E-state index contributed by atoms with van der Waals surface area (Å²) < 4.78 is 22.7. The van der Waals surface area contributed by atoms with Gasteiger partial charge in [-0.25, -0.2) is 8.42 Å². The molecule has 6 heteroatoms. The molecular formula is C11H22N2O3S. The largest absolute Gasteiger partial charge is 0.342 e. The molecule has 0 saturated carbocycles. The molecule has 2 atom stereocenters. The zero-order chi connectivity index (χ0) is 13.1. The molecule has 0 bridgehead atoms. The van der Waals surface area contributed by atoms with E-state index >= 15 is 0 Å². The van der Waals surface area contributed by atoms with Crippen LogP contribution in [0.4, 0.5) is 0 Å². The first kappa shape index (κ1) is 14.4. The van der Waals surface area contributed by atoms with Crippen molar-refractivity contribution in [2.75, 3.05) is 25.1 Å². The Morgan fingerprint density at radius 1 is 1.53 bits per heavy atom. The number of hydrogen-bond donors (Lipinski definition) is 1. The van der Waals surface area contributed by atoms with Gasteiger partial charge in [0.25, 0.3) is 0 Å². The van der Waals surface area contributed by atoms with Crippen LogP contribution in [-0.2, 0) is 14.6 Å². The second-order valence-electron chi connectivity index (χ2n) is 4.94. The Morgan fingerprint density at radius 3 is 2.65 bits per heavy atom. The lowest BCUT2D eigenvalue weighted by molar-refractivity contribution is -0.131. The van der Waals surface area contributed by atoms with Gasteiger partial charge in [-0.15, -0.1) is 0 Å². The SMILES string of the molecule is CC(CN)CCC(=O)N(C)C1CCS(=O)(=O)C1. The molecule has 5 nitrogen and oxygen atoms in total. The maximum absolute atomic E-state index is 11.9. The summed E-state index contributed by atoms with van der Waals surface area (Å²) in [6.45, 7) is 2.59. The van der Waals surface area contributed by atoms with Crippen molar-refractivity contribution >= 4 is 15.7 Å². The highest BCUT2D eigenvalue weighted by molar-refractivity contribution is 7.91. The summed E-state index contributed by atoms with van der Waals surface area (Å²) in [5.41, 5.74) is 5.49. The van der Waals surface area contributed by atoms with Crippen LogP contribution in [0.15, 0.2) is 0 Å². The molecule has 0 aromatic rings. The third-order valence-corrected chi connectivity index (χ3v) is 5.15. The summed E-state index contributed by atoms with van der Waals surface area (Å²) in [6.07, 6.45) is 1.78. The molecule has 1 rings (SSSR count). The van der Waals surface area contributed by atoms with E-state index in [0.717, 1.165) is 6.42 Å². The van der Waals surface area contributed by atoms with E-state index in [-0.39, 0.29) is 23.5 Å². The standard InChI is InChI=1S/C11H22N2O3S/c1-9(7-12)3-4-11(14)13(2)10-5-6-17(15,16)8-10/h9-10H,3-8,12H2,1-2H3. The lowest BCUT2D eigenvalue weighted by atomic mass is 10.1. The van der Waals surface area contributed by atoms with Crippen LogP contribution >= 0.6 is 0 Å². The second-order valence-corrected chi connectivity index (χ2v) is 7.17. The Hall–Kier alpha value is -0.620. The fourth-order valence-electron chi connectivity index (χ4n) is 1.95. The van der Waals surface area contributed by atoms with Gasteiger partial charge < -0.3 is 10.6 Å². The van der Waals surface area contributed by atoms with Crippen LogP contribution in [0.25, 0.3) is 0 Å². The van der Waals surface area contributed by atoms with Crippen LogP contribution in [0.5, 0.6) is 0 Å². The highest BCUT2D eigenvalue weighted by atomic mass is 32.2. The van der Waals surface area contributed by atoms with Crippen molar-refractivity contribution < 1.29 is 13.2 Å². The summed E-state index contributed by atoms with van der Waals surface area (Å²) in [7, 11) is -1.23. The van der Waals surface area contributed by atoms with Crippen LogP contribution in [0.2, 0.25) is 0 Å². The lowest BCUT2D eigenvalue weighted by Crippen LogP contribution is -2.38. The Bertz CT molecular complexity index is 367. The second kappa shape index (κ2) is 5.82. The molecule has 100 valence electrons. The van der Waals surface area contributed by atoms with Gasteiger partial charge in [0.05, 0.1) is 11.5 Å². The Kier molecular flexibility index (Phi) is 4.94. The van der Waals surface area contributed by atoms with Crippen molar-refractivity contribution in [3.63, 3.8) is 0 Å². The zero-order valence-corrected chi connectivity index (χ0v) is 11.4. The molecule has 1 aliphatic rings. The van der Waals surface area contributed by atoms with E-state index in [0.29, 0.717) is 25.3 Å². The number of rotatable bonds is 5. The van der Waals surface area contributed by atoms with Crippen LogP contribution in [0.1, 0.15) is 26.2 Å². The minimum absolute atomic E-state index is 0.0207. The summed E-state index contributed by atoms with van der Waals surface area (Å²) in [6, 6.07) is -0.138. The topological polar surface area (TPSA) is 80.5 Å². The van der Waals surface area contributed by atoms with E-state index in [1.807, 2.05) is 6.92 Å². The zero-order valence-electron chi connectivity index (χ0n) is 10.6. The van der Waals surface area contributed by atoms with Gasteiger partial charge in [0.1, 0.15) is 0 Å². The molecule has 0 aromatic heterocycles. The molecule has 17 heavy (non-hydrogen) atoms. The normalized spacial score (nSPS) is 24.5. The van der Waals surface area contributed by atoms with Gasteiger partial charge in [-0.05, 0) is 25.3 Å². The van der Waals surface area contributed by atoms with Crippen LogP contribution < -0.4 is 5.73 Å². The summed E-state index contributed by atoms with van der Waals surface area (Å²) >= 11 is 0. The molecule has 1 aliphatic heterocycles. The molecule has 0 aromatic carbocycles. The first-order chi connectivity index (χ1) is 7.85. The molecule has 1 fully saturated rings. The molecular weight excluding hydrogens is 240 g/mol. The lowest BCUT2D eigenvalue weighted by Gasteiger charge is -2.23. The molecule has 1 heterocycles. The number of carbonyl (C=O) groups is 1. The fraction of sp³-hybridized carbons (Fsp3) is 0.909. The first-order valence-corrected chi connectivity index (χ1v) is 7.84. The molecule has 0 radical (unpaired) electrons. The predicted molar refractivity (Wildman–Crippen MR) is 67.3 cm³/mol. The Balaban J connectivity index is 2.42. The van der Waals surface area contributed by atoms with E-state index in [4.69, 9.17) is 5.73 Å². The Morgan fingerprint density at radius 2 is 2.18 bits per heavy atom. The number of sulfone groups is 1. The van der Waals surface area contributed by atoms with Gasteiger partial charge in [0, 0.05) is 19.5 Å². The van der Waals surface area contributed by atoms with E-state index in [1.165, 1.54) is 0 Å². The quantitative estimate of drug-likeness (QED) is 0.756. The molecule has 1 saturated heterocycles. The highest BCUT2D eigenvalue weighted by Crippen LogP contribution is 2.18. The number of hydrogen-bond acceptors (Lipinski definition) is 4. The van der Waals surface area contributed by atoms with Crippen molar-refractivity contribution in [3.8, 4) is 0 Å². The van der Waals surface area contributed by atoms with Gasteiger partial charge in [-0.2, -0.15) is 0 Å². The van der Waals surface area contributed by atoms with Crippen molar-refractivity contribution in [3.05, 3.63) is 0 Å². The number of amides is 1. The van der Waals surface area contributed by atoms with Gasteiger partial charge >= 0.3 is 0 Å². The number of nitrogens with zero attached hydrogens (tertiary/aromatic N) is 1. The van der Waals surface area contributed by atoms with Crippen LogP contribution in [-0.4, -0.2) is 50.4 Å². The van der Waals surface area contributed by atoms with Crippen LogP contribution in [0, 0.1) is 5.92 Å². The molecule has 0 spiro atoms. The van der Waals surface area contributed by atoms with E-state index in [1.54, 1.807) is 11.9 Å². The third-order valence-electron chi connectivity index (χ3n) is 3.40.